The summed E-state index contributed by atoms with van der Waals surface area (Å²) in [6.45, 7) is 0. The Morgan fingerprint density at radius 1 is 1.21 bits per heavy atom. The van der Waals surface area contributed by atoms with Crippen LogP contribution in [0.5, 0.6) is 5.75 Å². The van der Waals surface area contributed by atoms with Crippen molar-refractivity contribution < 1.29 is 13.7 Å². The third-order valence-electron chi connectivity index (χ3n) is 5.70. The lowest BCUT2D eigenvalue weighted by Crippen LogP contribution is -2.17. The molecule has 2 heterocycles. The zero-order chi connectivity index (χ0) is 20.3. The predicted octanol–water partition coefficient (Wildman–Crippen LogP) is 3.76. The SMILES string of the molecule is Cn1cc(-c2cc(N[S+](C)[O-])cc3c2OC(C2CC2)C3)c2cc(F)ccc2c1=O. The molecule has 1 fully saturated rings. The number of aryl methyl sites for hydroxylation is 1. The first-order valence-corrected chi connectivity index (χ1v) is 11.2. The molecule has 1 aromatic heterocycles. The zero-order valence-corrected chi connectivity index (χ0v) is 17.0. The van der Waals surface area contributed by atoms with E-state index in [0.29, 0.717) is 16.7 Å². The summed E-state index contributed by atoms with van der Waals surface area (Å²) in [5.74, 6) is 0.948. The Bertz CT molecular complexity index is 1190. The van der Waals surface area contributed by atoms with Gasteiger partial charge in [-0.05, 0) is 54.5 Å². The Morgan fingerprint density at radius 2 is 2.00 bits per heavy atom. The van der Waals surface area contributed by atoms with Gasteiger partial charge < -0.3 is 13.9 Å². The van der Waals surface area contributed by atoms with Crippen molar-refractivity contribution in [1.29, 1.82) is 0 Å². The lowest BCUT2D eigenvalue weighted by Gasteiger charge is -2.16. The topological polar surface area (TPSA) is 66.3 Å². The predicted molar refractivity (Wildman–Crippen MR) is 113 cm³/mol. The molecule has 5 nitrogen and oxygen atoms in total. The Labute approximate surface area is 170 Å². The summed E-state index contributed by atoms with van der Waals surface area (Å²) >= 11 is -1.23. The summed E-state index contributed by atoms with van der Waals surface area (Å²) in [6.07, 6.45) is 6.59. The number of aromatic nitrogens is 1. The fraction of sp³-hybridized carbons (Fsp3) is 0.318. The van der Waals surface area contributed by atoms with Gasteiger partial charge in [-0.15, -0.1) is 0 Å². The van der Waals surface area contributed by atoms with Gasteiger partial charge in [0.1, 0.15) is 23.9 Å². The number of benzene rings is 2. The van der Waals surface area contributed by atoms with Crippen molar-refractivity contribution in [1.82, 2.24) is 4.57 Å². The summed E-state index contributed by atoms with van der Waals surface area (Å²) in [6, 6.07) is 8.07. The monoisotopic (exact) mass is 412 g/mol. The molecule has 0 radical (unpaired) electrons. The molecule has 2 unspecified atom stereocenters. The Hall–Kier alpha value is -2.51. The highest BCUT2D eigenvalue weighted by Gasteiger charge is 2.38. The lowest BCUT2D eigenvalue weighted by atomic mass is 9.96. The van der Waals surface area contributed by atoms with Crippen LogP contribution in [0.4, 0.5) is 10.1 Å². The van der Waals surface area contributed by atoms with Crippen LogP contribution in [0.3, 0.4) is 0 Å². The van der Waals surface area contributed by atoms with Crippen LogP contribution in [0.15, 0.2) is 41.3 Å². The number of halogens is 1. The molecule has 1 aliphatic heterocycles. The molecule has 5 rings (SSSR count). The second kappa shape index (κ2) is 6.78. The van der Waals surface area contributed by atoms with Crippen LogP contribution >= 0.6 is 0 Å². The smallest absolute Gasteiger partial charge is 0.258 e. The zero-order valence-electron chi connectivity index (χ0n) is 16.2. The van der Waals surface area contributed by atoms with Crippen LogP contribution in [-0.4, -0.2) is 21.5 Å². The van der Waals surface area contributed by atoms with E-state index in [9.17, 15) is 13.7 Å². The van der Waals surface area contributed by atoms with Crippen molar-refractivity contribution in [2.75, 3.05) is 11.0 Å². The third kappa shape index (κ3) is 3.28. The molecule has 0 bridgehead atoms. The average molecular weight is 412 g/mol. The molecular formula is C22H21FN2O3S. The third-order valence-corrected chi connectivity index (χ3v) is 6.22. The first-order chi connectivity index (χ1) is 13.9. The van der Waals surface area contributed by atoms with Gasteiger partial charge in [-0.2, -0.15) is 0 Å². The van der Waals surface area contributed by atoms with Crippen LogP contribution < -0.4 is 15.0 Å². The van der Waals surface area contributed by atoms with Crippen molar-refractivity contribution >= 4 is 27.8 Å². The molecule has 29 heavy (non-hydrogen) atoms. The minimum absolute atomic E-state index is 0.140. The van der Waals surface area contributed by atoms with Gasteiger partial charge in [-0.1, -0.05) is 0 Å². The van der Waals surface area contributed by atoms with E-state index in [1.54, 1.807) is 19.5 Å². The van der Waals surface area contributed by atoms with E-state index in [4.69, 9.17) is 4.74 Å². The van der Waals surface area contributed by atoms with Gasteiger partial charge in [-0.25, -0.2) is 9.11 Å². The second-order valence-corrected chi connectivity index (χ2v) is 9.03. The number of nitrogens with one attached hydrogen (secondary N) is 1. The fourth-order valence-electron chi connectivity index (χ4n) is 4.20. The van der Waals surface area contributed by atoms with Gasteiger partial charge in [0.15, 0.2) is 0 Å². The maximum atomic E-state index is 14.1. The Balaban J connectivity index is 1.76. The first kappa shape index (κ1) is 18.5. The molecule has 3 aromatic rings. The van der Waals surface area contributed by atoms with Crippen molar-refractivity contribution in [3.63, 3.8) is 0 Å². The van der Waals surface area contributed by atoms with Crippen LogP contribution in [-0.2, 0) is 24.8 Å². The van der Waals surface area contributed by atoms with Crippen LogP contribution in [0.1, 0.15) is 18.4 Å². The molecule has 7 heteroatoms. The van der Waals surface area contributed by atoms with Gasteiger partial charge in [0.25, 0.3) is 5.56 Å². The number of anilines is 1. The molecule has 0 spiro atoms. The number of hydrogen-bond donors (Lipinski definition) is 1. The highest BCUT2D eigenvalue weighted by molar-refractivity contribution is 7.92. The molecule has 1 N–H and O–H groups in total. The average Bonchev–Trinajstić information content (AvgIpc) is 3.43. The van der Waals surface area contributed by atoms with E-state index in [1.165, 1.54) is 35.6 Å². The largest absolute Gasteiger partial charge is 0.593 e. The van der Waals surface area contributed by atoms with Gasteiger partial charge >= 0.3 is 0 Å². The van der Waals surface area contributed by atoms with Crippen LogP contribution in [0, 0.1) is 11.7 Å². The van der Waals surface area contributed by atoms with Crippen molar-refractivity contribution in [2.24, 2.45) is 13.0 Å². The number of hydrogen-bond acceptors (Lipinski definition) is 4. The van der Waals surface area contributed by atoms with Crippen LogP contribution in [0.25, 0.3) is 21.9 Å². The maximum absolute atomic E-state index is 14.1. The Morgan fingerprint density at radius 3 is 2.72 bits per heavy atom. The van der Waals surface area contributed by atoms with Crippen LogP contribution in [0.2, 0.25) is 0 Å². The molecule has 2 aromatic carbocycles. The van der Waals surface area contributed by atoms with E-state index in [-0.39, 0.29) is 11.7 Å². The number of nitrogens with zero attached hydrogens (tertiary/aromatic N) is 1. The van der Waals surface area contributed by atoms with Crippen molar-refractivity contribution in [3.05, 3.63) is 58.3 Å². The van der Waals surface area contributed by atoms with E-state index < -0.39 is 17.2 Å². The van der Waals surface area contributed by atoms with E-state index in [1.807, 2.05) is 12.1 Å². The van der Waals surface area contributed by atoms with Crippen molar-refractivity contribution in [2.45, 2.75) is 25.4 Å². The summed E-state index contributed by atoms with van der Waals surface area (Å²) < 4.78 is 36.7. The van der Waals surface area contributed by atoms with Gasteiger partial charge in [0.2, 0.25) is 0 Å². The number of pyridine rings is 1. The molecule has 1 saturated carbocycles. The normalized spacial score (nSPS) is 19.1. The minimum atomic E-state index is -1.23. The maximum Gasteiger partial charge on any atom is 0.258 e. The molecule has 150 valence electrons. The van der Waals surface area contributed by atoms with Gasteiger partial charge in [0.05, 0.1) is 17.0 Å². The summed E-state index contributed by atoms with van der Waals surface area (Å²) in [5, 5.41) is 0.998. The van der Waals surface area contributed by atoms with Gasteiger partial charge in [0, 0.05) is 41.7 Å². The summed E-state index contributed by atoms with van der Waals surface area (Å²) in [5.41, 5.74) is 3.09. The van der Waals surface area contributed by atoms with E-state index in [0.717, 1.165) is 34.5 Å². The number of ether oxygens (including phenoxy) is 1. The number of fused-ring (bicyclic) bond motifs is 2. The second-order valence-electron chi connectivity index (χ2n) is 7.91. The van der Waals surface area contributed by atoms with E-state index >= 15 is 0 Å². The van der Waals surface area contributed by atoms with Gasteiger partial charge in [-0.3, -0.25) is 4.79 Å². The first-order valence-electron chi connectivity index (χ1n) is 9.63. The van der Waals surface area contributed by atoms with E-state index in [2.05, 4.69) is 4.72 Å². The number of rotatable bonds is 4. The molecule has 1 aliphatic carbocycles. The minimum Gasteiger partial charge on any atom is -0.593 e. The molecule has 0 amide bonds. The molecule has 0 saturated heterocycles. The molecular weight excluding hydrogens is 391 g/mol. The summed E-state index contributed by atoms with van der Waals surface area (Å²) in [4.78, 5) is 12.6. The molecule has 2 aliphatic rings. The standard InChI is InChI=1S/C22H21FN2O3S/c1-25-11-19(17-9-14(23)5-6-16(17)22(25)26)18-10-15(24-29(2)27)7-13-8-20(12-3-4-12)28-21(13)18/h5-7,9-12,20,24H,3-4,8H2,1-2H3. The lowest BCUT2D eigenvalue weighted by molar-refractivity contribution is 0.208. The fourth-order valence-corrected chi connectivity index (χ4v) is 4.65. The Kier molecular flexibility index (Phi) is 4.33. The quantitative estimate of drug-likeness (QED) is 0.663. The highest BCUT2D eigenvalue weighted by atomic mass is 32.2. The summed E-state index contributed by atoms with van der Waals surface area (Å²) in [7, 11) is 1.69. The van der Waals surface area contributed by atoms with Crippen molar-refractivity contribution in [3.8, 4) is 16.9 Å². The molecule has 2 atom stereocenters. The highest BCUT2D eigenvalue weighted by Crippen LogP contribution is 2.47.